The Morgan fingerprint density at radius 3 is 1.44 bits per heavy atom. The first-order chi connectivity index (χ1) is 20.1. The summed E-state index contributed by atoms with van der Waals surface area (Å²) in [5.74, 6) is 2.63. The molecule has 2 atom stereocenters. The van der Waals surface area contributed by atoms with E-state index < -0.39 is 11.7 Å². The third-order valence-electron chi connectivity index (χ3n) is 9.85. The summed E-state index contributed by atoms with van der Waals surface area (Å²) in [5.41, 5.74) is 3.56. The Balaban J connectivity index is 1.24. The molecule has 4 aliphatic carbocycles. The van der Waals surface area contributed by atoms with Gasteiger partial charge in [-0.25, -0.2) is 0 Å². The Morgan fingerprint density at radius 1 is 0.634 bits per heavy atom. The van der Waals surface area contributed by atoms with Crippen LogP contribution in [0.5, 0.6) is 0 Å². The van der Waals surface area contributed by atoms with E-state index in [4.69, 9.17) is 4.74 Å². The summed E-state index contributed by atoms with van der Waals surface area (Å²) in [6, 6.07) is 42.1. The molecule has 4 bridgehead atoms. The van der Waals surface area contributed by atoms with Crippen molar-refractivity contribution in [3.8, 4) is 0 Å². The van der Waals surface area contributed by atoms with E-state index in [9.17, 15) is 5.11 Å². The lowest BCUT2D eigenvalue weighted by atomic mass is 9.56. The zero-order valence-corrected chi connectivity index (χ0v) is 24.5. The average molecular weight is 561 g/mol. The molecule has 3 heteroatoms. The summed E-state index contributed by atoms with van der Waals surface area (Å²) in [6.07, 6.45) is 7.55. The molecule has 0 amide bonds. The molecule has 4 fully saturated rings. The number of hydrogen-bond donors (Lipinski definition) is 1. The van der Waals surface area contributed by atoms with Crippen LogP contribution in [0.25, 0.3) is 0 Å². The van der Waals surface area contributed by atoms with Gasteiger partial charge in [-0.1, -0.05) is 121 Å². The minimum absolute atomic E-state index is 0.0347. The smallest absolute Gasteiger partial charge is 0.143 e. The van der Waals surface area contributed by atoms with Crippen molar-refractivity contribution in [2.75, 3.05) is 6.61 Å². The van der Waals surface area contributed by atoms with Gasteiger partial charge in [0.15, 0.2) is 0 Å². The van der Waals surface area contributed by atoms with Gasteiger partial charge in [0.25, 0.3) is 0 Å². The van der Waals surface area contributed by atoms with Gasteiger partial charge in [-0.15, -0.1) is 11.8 Å². The molecule has 2 nitrogen and oxygen atoms in total. The monoisotopic (exact) mass is 560 g/mol. The Kier molecular flexibility index (Phi) is 7.54. The SMILES string of the molecule is O[C@H](COC(c1ccccc1)(c1ccccc1)c1ccccc1)[C@H](SC12CC3CC(CC(C3)C1)C2)c1ccccc1. The van der Waals surface area contributed by atoms with E-state index in [0.29, 0.717) is 0 Å². The molecule has 0 radical (unpaired) electrons. The maximum Gasteiger partial charge on any atom is 0.143 e. The molecule has 0 aromatic heterocycles. The summed E-state index contributed by atoms with van der Waals surface area (Å²) >= 11 is 2.07. The van der Waals surface area contributed by atoms with Crippen molar-refractivity contribution < 1.29 is 9.84 Å². The standard InChI is InChI=1S/C38H40O2S/c39-35(36(31-13-5-1-6-14-31)41-37-24-28-21-29(25-37)23-30(22-28)26-37)27-40-38(32-15-7-2-8-16-32,33-17-9-3-10-18-33)34-19-11-4-12-20-34/h1-20,28-30,35-36,39H,21-27H2/t28?,29?,30?,35-,36-,37?/m1/s1. The number of rotatable bonds is 10. The van der Waals surface area contributed by atoms with Crippen LogP contribution in [0.4, 0.5) is 0 Å². The van der Waals surface area contributed by atoms with E-state index >= 15 is 0 Å². The first-order valence-electron chi connectivity index (χ1n) is 15.3. The number of thioether (sulfide) groups is 1. The molecule has 0 saturated heterocycles. The van der Waals surface area contributed by atoms with Gasteiger partial charge in [0.05, 0.1) is 18.0 Å². The van der Waals surface area contributed by atoms with Gasteiger partial charge in [0.1, 0.15) is 5.60 Å². The minimum Gasteiger partial charge on any atom is -0.389 e. The van der Waals surface area contributed by atoms with Crippen molar-refractivity contribution in [1.29, 1.82) is 0 Å². The Morgan fingerprint density at radius 2 is 1.02 bits per heavy atom. The van der Waals surface area contributed by atoms with E-state index in [-0.39, 0.29) is 16.6 Å². The molecule has 1 N–H and O–H groups in total. The van der Waals surface area contributed by atoms with Crippen molar-refractivity contribution in [1.82, 2.24) is 0 Å². The summed E-state index contributed by atoms with van der Waals surface area (Å²) in [5, 5.41) is 12.1. The van der Waals surface area contributed by atoms with Gasteiger partial charge in [-0.05, 0) is 78.5 Å². The lowest BCUT2D eigenvalue weighted by Gasteiger charge is -2.57. The van der Waals surface area contributed by atoms with Crippen LogP contribution in [0.15, 0.2) is 121 Å². The maximum absolute atomic E-state index is 12.1. The molecule has 8 rings (SSSR count). The average Bonchev–Trinajstić information content (AvgIpc) is 3.01. The first-order valence-corrected chi connectivity index (χ1v) is 16.2. The van der Waals surface area contributed by atoms with Gasteiger partial charge < -0.3 is 9.84 Å². The Hall–Kier alpha value is -2.85. The van der Waals surface area contributed by atoms with Crippen LogP contribution in [-0.4, -0.2) is 22.6 Å². The van der Waals surface area contributed by atoms with Crippen LogP contribution in [0.3, 0.4) is 0 Å². The van der Waals surface area contributed by atoms with Crippen LogP contribution >= 0.6 is 11.8 Å². The normalized spacial score (nSPS) is 26.5. The zero-order chi connectivity index (χ0) is 27.7. The Labute approximate surface area is 249 Å². The highest BCUT2D eigenvalue weighted by Gasteiger charge is 2.52. The lowest BCUT2D eigenvalue weighted by molar-refractivity contribution is -0.0388. The third-order valence-corrected chi connectivity index (χ3v) is 11.7. The minimum atomic E-state index is -0.836. The van der Waals surface area contributed by atoms with Gasteiger partial charge in [0.2, 0.25) is 0 Å². The van der Waals surface area contributed by atoms with Crippen molar-refractivity contribution in [2.45, 2.75) is 60.2 Å². The highest BCUT2D eigenvalue weighted by Crippen LogP contribution is 2.63. The van der Waals surface area contributed by atoms with Gasteiger partial charge in [-0.2, -0.15) is 0 Å². The number of hydrogen-bond acceptors (Lipinski definition) is 3. The quantitative estimate of drug-likeness (QED) is 0.197. The fourth-order valence-corrected chi connectivity index (χ4v) is 10.6. The fourth-order valence-electron chi connectivity index (χ4n) is 8.52. The van der Waals surface area contributed by atoms with E-state index in [1.165, 1.54) is 44.1 Å². The Bertz CT molecular complexity index is 1270. The topological polar surface area (TPSA) is 29.5 Å². The van der Waals surface area contributed by atoms with Crippen molar-refractivity contribution in [3.05, 3.63) is 144 Å². The third kappa shape index (κ3) is 5.29. The number of aliphatic hydroxyl groups is 1. The van der Waals surface area contributed by atoms with E-state index in [0.717, 1.165) is 34.4 Å². The number of benzene rings is 4. The summed E-state index contributed by atoms with van der Waals surface area (Å²) < 4.78 is 7.39. The molecule has 210 valence electrons. The molecular formula is C38H40O2S. The van der Waals surface area contributed by atoms with E-state index in [1.807, 2.05) is 18.2 Å². The van der Waals surface area contributed by atoms with Gasteiger partial charge in [-0.3, -0.25) is 0 Å². The lowest BCUT2D eigenvalue weighted by Crippen LogP contribution is -2.49. The maximum atomic E-state index is 12.1. The van der Waals surface area contributed by atoms with Crippen molar-refractivity contribution in [2.24, 2.45) is 17.8 Å². The van der Waals surface area contributed by atoms with Gasteiger partial charge >= 0.3 is 0 Å². The zero-order valence-electron chi connectivity index (χ0n) is 23.6. The second kappa shape index (κ2) is 11.4. The fraction of sp³-hybridized carbons (Fsp3) is 0.368. The van der Waals surface area contributed by atoms with Crippen molar-refractivity contribution >= 4 is 11.8 Å². The summed E-state index contributed by atoms with van der Waals surface area (Å²) in [6.45, 7) is 0.234. The van der Waals surface area contributed by atoms with Crippen LogP contribution in [0.2, 0.25) is 0 Å². The molecule has 4 aromatic rings. The second-order valence-electron chi connectivity index (χ2n) is 12.7. The highest BCUT2D eigenvalue weighted by atomic mass is 32.2. The molecule has 0 unspecified atom stereocenters. The number of aliphatic hydroxyl groups excluding tert-OH is 1. The van der Waals surface area contributed by atoms with Crippen LogP contribution in [0.1, 0.15) is 66.0 Å². The molecule has 4 aliphatic rings. The van der Waals surface area contributed by atoms with Gasteiger partial charge in [0, 0.05) is 4.75 Å². The predicted molar refractivity (Wildman–Crippen MR) is 169 cm³/mol. The van der Waals surface area contributed by atoms with Crippen LogP contribution < -0.4 is 0 Å². The molecule has 41 heavy (non-hydrogen) atoms. The van der Waals surface area contributed by atoms with E-state index in [2.05, 4.69) is 115 Å². The second-order valence-corrected chi connectivity index (χ2v) is 14.3. The first kappa shape index (κ1) is 27.0. The molecule has 0 spiro atoms. The summed E-state index contributed by atoms with van der Waals surface area (Å²) in [7, 11) is 0. The molecule has 0 heterocycles. The van der Waals surface area contributed by atoms with Crippen molar-refractivity contribution in [3.63, 3.8) is 0 Å². The van der Waals surface area contributed by atoms with E-state index in [1.54, 1.807) is 0 Å². The predicted octanol–water partition coefficient (Wildman–Crippen LogP) is 8.80. The highest BCUT2D eigenvalue weighted by molar-refractivity contribution is 8.01. The molecule has 4 aromatic carbocycles. The van der Waals surface area contributed by atoms with Crippen LogP contribution in [0, 0.1) is 17.8 Å². The largest absolute Gasteiger partial charge is 0.389 e. The molecule has 4 saturated carbocycles. The van der Waals surface area contributed by atoms with Crippen LogP contribution in [-0.2, 0) is 10.3 Å². The molecule has 0 aliphatic heterocycles. The molecular weight excluding hydrogens is 520 g/mol. The summed E-state index contributed by atoms with van der Waals surface area (Å²) in [4.78, 5) is 0. The number of ether oxygens (including phenoxy) is 1.